The molecular formula is C26H40O4. The van der Waals surface area contributed by atoms with Crippen LogP contribution >= 0.6 is 0 Å². The number of fused-ring (bicyclic) bond motifs is 5. The van der Waals surface area contributed by atoms with E-state index >= 15 is 0 Å². The second kappa shape index (κ2) is 7.67. The summed E-state index contributed by atoms with van der Waals surface area (Å²) in [7, 11) is 0. The van der Waals surface area contributed by atoms with Gasteiger partial charge in [0.25, 0.3) is 0 Å². The third kappa shape index (κ3) is 3.24. The number of rotatable bonds is 2. The second-order valence-electron chi connectivity index (χ2n) is 11.2. The SMILES string of the molecule is C/C=C1/CC[C@H]2[C@@H]3[C@H](OC(C)=O)C[C@@H]4C[C@H](C)CC[C@]4(C)[C@H]3C[C@@H](OC(C)=O)[C@]12C. The lowest BCUT2D eigenvalue weighted by Crippen LogP contribution is -2.62. The maximum absolute atomic E-state index is 12.1. The van der Waals surface area contributed by atoms with Crippen molar-refractivity contribution in [1.82, 2.24) is 0 Å². The Labute approximate surface area is 182 Å². The van der Waals surface area contributed by atoms with E-state index in [2.05, 4.69) is 33.8 Å². The minimum Gasteiger partial charge on any atom is -0.462 e. The van der Waals surface area contributed by atoms with E-state index in [0.29, 0.717) is 23.7 Å². The second-order valence-corrected chi connectivity index (χ2v) is 11.2. The lowest BCUT2D eigenvalue weighted by Gasteiger charge is -2.63. The molecule has 0 aromatic heterocycles. The molecule has 0 unspecified atom stereocenters. The number of carbonyl (C=O) groups excluding carboxylic acids is 2. The molecule has 0 aliphatic heterocycles. The molecule has 0 amide bonds. The molecule has 0 saturated heterocycles. The van der Waals surface area contributed by atoms with E-state index in [1.54, 1.807) is 13.8 Å². The summed E-state index contributed by atoms with van der Waals surface area (Å²) in [5.74, 6) is 2.18. The van der Waals surface area contributed by atoms with Gasteiger partial charge in [-0.3, -0.25) is 9.59 Å². The van der Waals surface area contributed by atoms with Crippen molar-refractivity contribution < 1.29 is 19.1 Å². The van der Waals surface area contributed by atoms with Crippen LogP contribution < -0.4 is 0 Å². The minimum absolute atomic E-state index is 0.00492. The van der Waals surface area contributed by atoms with Crippen LogP contribution in [0.25, 0.3) is 0 Å². The number of esters is 2. The molecule has 4 aliphatic carbocycles. The minimum atomic E-state index is -0.174. The summed E-state index contributed by atoms with van der Waals surface area (Å²) in [4.78, 5) is 24.2. The fourth-order valence-corrected chi connectivity index (χ4v) is 8.39. The normalized spacial score (nSPS) is 49.0. The van der Waals surface area contributed by atoms with Crippen molar-refractivity contribution in [3.8, 4) is 0 Å². The molecule has 4 heteroatoms. The average molecular weight is 417 g/mol. The van der Waals surface area contributed by atoms with Crippen LogP contribution in [0.3, 0.4) is 0 Å². The van der Waals surface area contributed by atoms with Gasteiger partial charge in [0, 0.05) is 25.2 Å². The Morgan fingerprint density at radius 3 is 2.33 bits per heavy atom. The Morgan fingerprint density at radius 2 is 1.70 bits per heavy atom. The highest BCUT2D eigenvalue weighted by atomic mass is 16.5. The van der Waals surface area contributed by atoms with Crippen LogP contribution in [0.4, 0.5) is 0 Å². The average Bonchev–Trinajstić information content (AvgIpc) is 3.00. The van der Waals surface area contributed by atoms with Crippen molar-refractivity contribution in [2.45, 2.75) is 98.7 Å². The van der Waals surface area contributed by atoms with Gasteiger partial charge in [0.15, 0.2) is 0 Å². The molecule has 4 saturated carbocycles. The van der Waals surface area contributed by atoms with Gasteiger partial charge >= 0.3 is 11.9 Å². The number of ether oxygens (including phenoxy) is 2. The molecule has 4 nitrogen and oxygen atoms in total. The molecule has 0 aromatic carbocycles. The highest BCUT2D eigenvalue weighted by Crippen LogP contribution is 2.68. The largest absolute Gasteiger partial charge is 0.462 e. The van der Waals surface area contributed by atoms with E-state index in [0.717, 1.165) is 31.6 Å². The highest BCUT2D eigenvalue weighted by Gasteiger charge is 2.65. The predicted molar refractivity (Wildman–Crippen MR) is 117 cm³/mol. The lowest BCUT2D eigenvalue weighted by molar-refractivity contribution is -0.209. The van der Waals surface area contributed by atoms with E-state index in [-0.39, 0.29) is 35.0 Å². The summed E-state index contributed by atoms with van der Waals surface area (Å²) in [6, 6.07) is 0. The number of hydrogen-bond acceptors (Lipinski definition) is 4. The highest BCUT2D eigenvalue weighted by molar-refractivity contribution is 5.66. The standard InChI is InChI=1S/C26H40O4/c1-7-18-8-9-20-24-21(14-23(26(18,20)6)30-17(4)28)25(5)11-10-15(2)12-19(25)13-22(24)29-16(3)27/h7,15,19-24H,8-14H2,1-6H3/b18-7-/t15-,19+,20+,21+,22-,23-,24+,25+,26-/m1/s1. The van der Waals surface area contributed by atoms with E-state index < -0.39 is 0 Å². The van der Waals surface area contributed by atoms with Gasteiger partial charge < -0.3 is 9.47 Å². The summed E-state index contributed by atoms with van der Waals surface area (Å²) in [6.07, 6.45) is 9.94. The van der Waals surface area contributed by atoms with Crippen molar-refractivity contribution >= 4 is 11.9 Å². The number of hydrogen-bond donors (Lipinski definition) is 0. The summed E-state index contributed by atoms with van der Waals surface area (Å²) in [5, 5.41) is 0. The van der Waals surface area contributed by atoms with Crippen LogP contribution in [-0.4, -0.2) is 24.1 Å². The first-order valence-electron chi connectivity index (χ1n) is 12.1. The topological polar surface area (TPSA) is 52.6 Å². The zero-order valence-electron chi connectivity index (χ0n) is 19.7. The predicted octanol–water partition coefficient (Wildman–Crippen LogP) is 5.69. The number of carbonyl (C=O) groups is 2. The fraction of sp³-hybridized carbons (Fsp3) is 0.846. The van der Waals surface area contributed by atoms with Gasteiger partial charge in [-0.1, -0.05) is 38.8 Å². The molecule has 4 rings (SSSR count). The summed E-state index contributed by atoms with van der Waals surface area (Å²) < 4.78 is 12.1. The first-order chi connectivity index (χ1) is 14.1. The van der Waals surface area contributed by atoms with Crippen LogP contribution in [0.15, 0.2) is 11.6 Å². The molecule has 0 spiro atoms. The molecule has 9 atom stereocenters. The van der Waals surface area contributed by atoms with Crippen molar-refractivity contribution in [2.75, 3.05) is 0 Å². The quantitative estimate of drug-likeness (QED) is 0.428. The molecule has 0 N–H and O–H groups in total. The van der Waals surface area contributed by atoms with Crippen molar-refractivity contribution in [3.63, 3.8) is 0 Å². The van der Waals surface area contributed by atoms with Gasteiger partial charge in [0.2, 0.25) is 0 Å². The molecular weight excluding hydrogens is 376 g/mol. The molecule has 0 radical (unpaired) electrons. The van der Waals surface area contributed by atoms with Crippen LogP contribution in [0, 0.1) is 40.4 Å². The lowest BCUT2D eigenvalue weighted by atomic mass is 9.43. The zero-order chi connectivity index (χ0) is 21.8. The Kier molecular flexibility index (Phi) is 5.60. The molecule has 4 fully saturated rings. The molecule has 168 valence electrons. The first-order valence-corrected chi connectivity index (χ1v) is 12.1. The van der Waals surface area contributed by atoms with Crippen molar-refractivity contribution in [3.05, 3.63) is 11.6 Å². The fourth-order valence-electron chi connectivity index (χ4n) is 8.39. The maximum Gasteiger partial charge on any atom is 0.302 e. The van der Waals surface area contributed by atoms with E-state index in [1.165, 1.54) is 24.8 Å². The summed E-state index contributed by atoms with van der Waals surface area (Å²) in [6.45, 7) is 12.4. The van der Waals surface area contributed by atoms with Gasteiger partial charge in [-0.2, -0.15) is 0 Å². The van der Waals surface area contributed by atoms with Crippen molar-refractivity contribution in [1.29, 1.82) is 0 Å². The Balaban J connectivity index is 1.79. The maximum atomic E-state index is 12.1. The summed E-state index contributed by atoms with van der Waals surface area (Å²) >= 11 is 0. The Morgan fingerprint density at radius 1 is 1.00 bits per heavy atom. The Bertz CT molecular complexity index is 741. The van der Waals surface area contributed by atoms with Gasteiger partial charge in [-0.15, -0.1) is 0 Å². The third-order valence-corrected chi connectivity index (χ3v) is 9.82. The number of allylic oxidation sites excluding steroid dienone is 1. The molecule has 4 aliphatic rings. The van der Waals surface area contributed by atoms with E-state index in [4.69, 9.17) is 9.47 Å². The van der Waals surface area contributed by atoms with Crippen LogP contribution in [0.2, 0.25) is 0 Å². The van der Waals surface area contributed by atoms with E-state index in [9.17, 15) is 9.59 Å². The van der Waals surface area contributed by atoms with Crippen LogP contribution in [-0.2, 0) is 19.1 Å². The van der Waals surface area contributed by atoms with Crippen LogP contribution in [0.1, 0.15) is 86.5 Å². The van der Waals surface area contributed by atoms with Crippen LogP contribution in [0.5, 0.6) is 0 Å². The molecule has 30 heavy (non-hydrogen) atoms. The molecule has 0 heterocycles. The third-order valence-electron chi connectivity index (χ3n) is 9.82. The monoisotopic (exact) mass is 416 g/mol. The van der Waals surface area contributed by atoms with E-state index in [1.807, 2.05) is 0 Å². The smallest absolute Gasteiger partial charge is 0.302 e. The first kappa shape index (κ1) is 21.9. The van der Waals surface area contributed by atoms with Gasteiger partial charge in [0.1, 0.15) is 12.2 Å². The van der Waals surface area contributed by atoms with Gasteiger partial charge in [-0.05, 0) is 74.5 Å². The van der Waals surface area contributed by atoms with Gasteiger partial charge in [0.05, 0.1) is 0 Å². The zero-order valence-corrected chi connectivity index (χ0v) is 19.7. The molecule has 0 bridgehead atoms. The van der Waals surface area contributed by atoms with Gasteiger partial charge in [-0.25, -0.2) is 0 Å². The summed E-state index contributed by atoms with van der Waals surface area (Å²) in [5.41, 5.74) is 1.51. The Hall–Kier alpha value is -1.32. The van der Waals surface area contributed by atoms with Crippen molar-refractivity contribution in [2.24, 2.45) is 40.4 Å². The molecule has 0 aromatic rings.